The Labute approximate surface area is 147 Å². The second kappa shape index (κ2) is 7.19. The van der Waals surface area contributed by atoms with Crippen LogP contribution in [0.2, 0.25) is 5.02 Å². The molecule has 3 aromatic carbocycles. The molecule has 0 atom stereocenters. The van der Waals surface area contributed by atoms with Gasteiger partial charge in [-0.3, -0.25) is 10.1 Å². The SMILES string of the molecule is O=C(COc1ccc2ccccc2c1)Oc1ccc([N+](=O)[O-])cc1Cl. The summed E-state index contributed by atoms with van der Waals surface area (Å²) in [4.78, 5) is 22.0. The van der Waals surface area contributed by atoms with Crippen LogP contribution in [0.5, 0.6) is 11.5 Å². The first-order valence-corrected chi connectivity index (χ1v) is 7.67. The molecule has 3 rings (SSSR count). The van der Waals surface area contributed by atoms with E-state index in [-0.39, 0.29) is 23.1 Å². The van der Waals surface area contributed by atoms with Gasteiger partial charge in [0.15, 0.2) is 6.61 Å². The van der Waals surface area contributed by atoms with Crippen molar-refractivity contribution in [3.63, 3.8) is 0 Å². The van der Waals surface area contributed by atoms with E-state index in [2.05, 4.69) is 0 Å². The van der Waals surface area contributed by atoms with Crippen LogP contribution < -0.4 is 9.47 Å². The molecule has 0 unspecified atom stereocenters. The zero-order valence-electron chi connectivity index (χ0n) is 12.8. The van der Waals surface area contributed by atoms with Crippen LogP contribution in [-0.4, -0.2) is 17.5 Å². The largest absolute Gasteiger partial charge is 0.482 e. The second-order valence-electron chi connectivity index (χ2n) is 5.14. The maximum atomic E-state index is 11.9. The molecule has 0 saturated carbocycles. The van der Waals surface area contributed by atoms with Crippen molar-refractivity contribution in [1.82, 2.24) is 0 Å². The Morgan fingerprint density at radius 1 is 1.04 bits per heavy atom. The van der Waals surface area contributed by atoms with E-state index < -0.39 is 10.9 Å². The molecule has 0 aromatic heterocycles. The highest BCUT2D eigenvalue weighted by Gasteiger charge is 2.14. The van der Waals surface area contributed by atoms with Crippen LogP contribution in [0, 0.1) is 10.1 Å². The average molecular weight is 358 g/mol. The number of carbonyl (C=O) groups is 1. The summed E-state index contributed by atoms with van der Waals surface area (Å²) in [6, 6.07) is 16.8. The lowest BCUT2D eigenvalue weighted by atomic mass is 10.1. The summed E-state index contributed by atoms with van der Waals surface area (Å²) in [6.07, 6.45) is 0. The highest BCUT2D eigenvalue weighted by Crippen LogP contribution is 2.28. The van der Waals surface area contributed by atoms with Crippen LogP contribution in [0.25, 0.3) is 10.8 Å². The standard InChI is InChI=1S/C18H12ClNO5/c19-16-10-14(20(22)23)6-8-17(16)25-18(21)11-24-15-7-5-12-3-1-2-4-13(12)9-15/h1-10H,11H2. The topological polar surface area (TPSA) is 78.7 Å². The van der Waals surface area contributed by atoms with Crippen LogP contribution in [0.15, 0.2) is 60.7 Å². The first-order chi connectivity index (χ1) is 12.0. The van der Waals surface area contributed by atoms with Crippen LogP contribution >= 0.6 is 11.6 Å². The first kappa shape index (κ1) is 16.7. The fourth-order valence-electron chi connectivity index (χ4n) is 2.24. The van der Waals surface area contributed by atoms with E-state index in [9.17, 15) is 14.9 Å². The summed E-state index contributed by atoms with van der Waals surface area (Å²) >= 11 is 5.88. The van der Waals surface area contributed by atoms with Crippen LogP contribution in [0.1, 0.15) is 0 Å². The molecule has 0 heterocycles. The van der Waals surface area contributed by atoms with E-state index in [0.717, 1.165) is 16.8 Å². The van der Waals surface area contributed by atoms with Crippen molar-refractivity contribution in [2.75, 3.05) is 6.61 Å². The van der Waals surface area contributed by atoms with E-state index in [1.54, 1.807) is 6.07 Å². The van der Waals surface area contributed by atoms with Crippen molar-refractivity contribution >= 4 is 34.0 Å². The summed E-state index contributed by atoms with van der Waals surface area (Å²) < 4.78 is 10.5. The minimum absolute atomic E-state index is 0.0201. The van der Waals surface area contributed by atoms with Crippen molar-refractivity contribution in [1.29, 1.82) is 0 Å². The molecule has 0 spiro atoms. The summed E-state index contributed by atoms with van der Waals surface area (Å²) in [7, 11) is 0. The number of halogens is 1. The van der Waals surface area contributed by atoms with Gasteiger partial charge in [0.05, 0.1) is 9.95 Å². The molecule has 0 N–H and O–H groups in total. The molecule has 7 heteroatoms. The van der Waals surface area contributed by atoms with Gasteiger partial charge in [-0.05, 0) is 29.0 Å². The molecular weight excluding hydrogens is 346 g/mol. The van der Waals surface area contributed by atoms with Gasteiger partial charge in [-0.15, -0.1) is 0 Å². The number of nitro groups is 1. The predicted octanol–water partition coefficient (Wildman–Crippen LogP) is 4.39. The zero-order valence-corrected chi connectivity index (χ0v) is 13.6. The number of rotatable bonds is 5. The number of nitrogens with zero attached hydrogens (tertiary/aromatic N) is 1. The summed E-state index contributed by atoms with van der Waals surface area (Å²) in [5.41, 5.74) is -0.183. The zero-order chi connectivity index (χ0) is 17.8. The first-order valence-electron chi connectivity index (χ1n) is 7.29. The smallest absolute Gasteiger partial charge is 0.349 e. The monoisotopic (exact) mass is 357 g/mol. The summed E-state index contributed by atoms with van der Waals surface area (Å²) in [5, 5.41) is 12.7. The third kappa shape index (κ3) is 4.05. The molecule has 0 bridgehead atoms. The molecule has 0 saturated heterocycles. The number of non-ortho nitro benzene ring substituents is 1. The predicted molar refractivity (Wildman–Crippen MR) is 93.2 cm³/mol. The third-order valence-corrected chi connectivity index (χ3v) is 3.72. The van der Waals surface area contributed by atoms with Gasteiger partial charge >= 0.3 is 5.97 Å². The molecule has 6 nitrogen and oxygen atoms in total. The maximum Gasteiger partial charge on any atom is 0.349 e. The van der Waals surface area contributed by atoms with Gasteiger partial charge in [-0.25, -0.2) is 4.79 Å². The number of hydrogen-bond donors (Lipinski definition) is 0. The van der Waals surface area contributed by atoms with E-state index in [4.69, 9.17) is 21.1 Å². The minimum atomic E-state index is -0.663. The molecule has 126 valence electrons. The number of nitro benzene ring substituents is 1. The van der Waals surface area contributed by atoms with Crippen molar-refractivity contribution in [2.24, 2.45) is 0 Å². The lowest BCUT2D eigenvalue weighted by molar-refractivity contribution is -0.384. The minimum Gasteiger partial charge on any atom is -0.482 e. The molecule has 0 fully saturated rings. The van der Waals surface area contributed by atoms with Crippen molar-refractivity contribution < 1.29 is 19.2 Å². The van der Waals surface area contributed by atoms with Crippen LogP contribution in [-0.2, 0) is 4.79 Å². The number of ether oxygens (including phenoxy) is 2. The van der Waals surface area contributed by atoms with Gasteiger partial charge in [-0.1, -0.05) is 41.9 Å². The Kier molecular flexibility index (Phi) is 4.81. The molecule has 0 aliphatic heterocycles. The highest BCUT2D eigenvalue weighted by atomic mass is 35.5. The number of benzene rings is 3. The molecule has 0 amide bonds. The Morgan fingerprint density at radius 2 is 1.80 bits per heavy atom. The van der Waals surface area contributed by atoms with Crippen molar-refractivity contribution in [3.05, 3.63) is 75.8 Å². The Morgan fingerprint density at radius 3 is 2.52 bits per heavy atom. The molecular formula is C18H12ClNO5. The van der Waals surface area contributed by atoms with Crippen molar-refractivity contribution in [2.45, 2.75) is 0 Å². The van der Waals surface area contributed by atoms with Gasteiger partial charge in [-0.2, -0.15) is 0 Å². The quantitative estimate of drug-likeness (QED) is 0.293. The van der Waals surface area contributed by atoms with Crippen LogP contribution in [0.4, 0.5) is 5.69 Å². The Hall–Kier alpha value is -3.12. The number of esters is 1. The fraction of sp³-hybridized carbons (Fsp3) is 0.0556. The van der Waals surface area contributed by atoms with Crippen molar-refractivity contribution in [3.8, 4) is 11.5 Å². The molecule has 25 heavy (non-hydrogen) atoms. The van der Waals surface area contributed by atoms with E-state index in [0.29, 0.717) is 5.75 Å². The van der Waals surface area contributed by atoms with Gasteiger partial charge in [0.25, 0.3) is 5.69 Å². The third-order valence-electron chi connectivity index (χ3n) is 3.43. The van der Waals surface area contributed by atoms with E-state index in [1.165, 1.54) is 12.1 Å². The van der Waals surface area contributed by atoms with Gasteiger partial charge < -0.3 is 9.47 Å². The summed E-state index contributed by atoms with van der Waals surface area (Å²) in [5.74, 6) is -0.0891. The lowest BCUT2D eigenvalue weighted by Crippen LogP contribution is -2.17. The molecule has 0 aliphatic rings. The molecule has 0 aliphatic carbocycles. The number of fused-ring (bicyclic) bond motifs is 1. The Balaban J connectivity index is 1.63. The Bertz CT molecular complexity index is 957. The van der Waals surface area contributed by atoms with E-state index >= 15 is 0 Å². The second-order valence-corrected chi connectivity index (χ2v) is 5.55. The van der Waals surface area contributed by atoms with E-state index in [1.807, 2.05) is 36.4 Å². The highest BCUT2D eigenvalue weighted by molar-refractivity contribution is 6.32. The van der Waals surface area contributed by atoms with Gasteiger partial charge in [0.2, 0.25) is 0 Å². The summed E-state index contributed by atoms with van der Waals surface area (Å²) in [6.45, 7) is -0.314. The van der Waals surface area contributed by atoms with Gasteiger partial charge in [0.1, 0.15) is 11.5 Å². The number of carbonyl (C=O) groups excluding carboxylic acids is 1. The fourth-order valence-corrected chi connectivity index (χ4v) is 2.45. The van der Waals surface area contributed by atoms with Crippen LogP contribution in [0.3, 0.4) is 0 Å². The molecule has 0 radical (unpaired) electrons. The van der Waals surface area contributed by atoms with Gasteiger partial charge in [0, 0.05) is 12.1 Å². The average Bonchev–Trinajstić information content (AvgIpc) is 2.61. The molecule has 3 aromatic rings. The normalized spacial score (nSPS) is 10.4. The lowest BCUT2D eigenvalue weighted by Gasteiger charge is -2.08. The number of hydrogen-bond acceptors (Lipinski definition) is 5. The maximum absolute atomic E-state index is 11.9.